The maximum Gasteiger partial charge on any atom is 0.284 e. The molecule has 23 heavy (non-hydrogen) atoms. The van der Waals surface area contributed by atoms with Crippen LogP contribution in [-0.4, -0.2) is 33.6 Å². The first-order valence-electron chi connectivity index (χ1n) is 8.01. The van der Waals surface area contributed by atoms with Crippen LogP contribution in [-0.2, 0) is 0 Å². The van der Waals surface area contributed by atoms with Crippen LogP contribution < -0.4 is 0 Å². The average molecular weight is 331 g/mol. The molecule has 6 heteroatoms. The summed E-state index contributed by atoms with van der Waals surface area (Å²) >= 11 is 4.88. The van der Waals surface area contributed by atoms with Gasteiger partial charge < -0.3 is 9.32 Å². The van der Waals surface area contributed by atoms with E-state index in [1.54, 1.807) is 0 Å². The molecular weight excluding hydrogens is 310 g/mol. The molecule has 2 aromatic rings. The highest BCUT2D eigenvalue weighted by atomic mass is 32.1. The number of nitrogens with zero attached hydrogens (tertiary/aromatic N) is 2. The second-order valence-electron chi connectivity index (χ2n) is 6.34. The number of H-pyrrole nitrogens is 1. The first-order chi connectivity index (χ1) is 11.0. The fraction of sp³-hybridized carbons (Fsp3) is 0.471. The van der Waals surface area contributed by atoms with Gasteiger partial charge in [0.05, 0.1) is 0 Å². The van der Waals surface area contributed by atoms with Crippen LogP contribution in [0.25, 0.3) is 11.5 Å². The van der Waals surface area contributed by atoms with Crippen molar-refractivity contribution in [3.05, 3.63) is 34.7 Å². The quantitative estimate of drug-likeness (QED) is 0.843. The fourth-order valence-corrected chi connectivity index (χ4v) is 3.21. The molecule has 122 valence electrons. The first-order valence-corrected chi connectivity index (χ1v) is 8.42. The van der Waals surface area contributed by atoms with Crippen LogP contribution in [0.2, 0.25) is 0 Å². The van der Waals surface area contributed by atoms with Crippen molar-refractivity contribution < 1.29 is 9.21 Å². The minimum absolute atomic E-state index is 0.0979. The number of rotatable bonds is 2. The predicted octanol–water partition coefficient (Wildman–Crippen LogP) is 4.05. The van der Waals surface area contributed by atoms with Crippen LogP contribution in [0.1, 0.15) is 43.5 Å². The topological polar surface area (TPSA) is 62.1 Å². The van der Waals surface area contributed by atoms with E-state index >= 15 is 0 Å². The zero-order valence-electron chi connectivity index (χ0n) is 13.4. The molecule has 1 N–H and O–H groups in total. The van der Waals surface area contributed by atoms with Crippen molar-refractivity contribution in [3.63, 3.8) is 0 Å². The van der Waals surface area contributed by atoms with Crippen LogP contribution in [0.3, 0.4) is 0 Å². The Morgan fingerprint density at radius 3 is 2.70 bits per heavy atom. The molecule has 3 rings (SSSR count). The Morgan fingerprint density at radius 2 is 2.04 bits per heavy atom. The van der Waals surface area contributed by atoms with Gasteiger partial charge in [-0.2, -0.15) is 0 Å². The number of aromatic nitrogens is 2. The second-order valence-corrected chi connectivity index (χ2v) is 6.71. The minimum atomic E-state index is 0.0979. The lowest BCUT2D eigenvalue weighted by atomic mass is 10.1. The van der Waals surface area contributed by atoms with Crippen LogP contribution in [0.15, 0.2) is 28.7 Å². The minimum Gasteiger partial charge on any atom is -0.409 e. The molecule has 2 unspecified atom stereocenters. The standard InChI is InChI=1S/C17H21N3O2S/c1-11-4-3-5-12(2)20(10-11)16(21)14-8-6-13(7-9-14)15-18-19-17(23)22-15/h6-9,11-12H,3-5,10H2,1-2H3,(H,19,23). The van der Waals surface area contributed by atoms with Crippen LogP contribution in [0.5, 0.6) is 0 Å². The molecule has 1 amide bonds. The fourth-order valence-electron chi connectivity index (χ4n) is 3.08. The summed E-state index contributed by atoms with van der Waals surface area (Å²) in [7, 11) is 0. The zero-order chi connectivity index (χ0) is 16.4. The maximum atomic E-state index is 12.8. The third kappa shape index (κ3) is 3.52. The van der Waals surface area contributed by atoms with Gasteiger partial charge in [0.2, 0.25) is 5.89 Å². The van der Waals surface area contributed by atoms with Crippen molar-refractivity contribution in [3.8, 4) is 11.5 Å². The smallest absolute Gasteiger partial charge is 0.284 e. The highest BCUT2D eigenvalue weighted by Gasteiger charge is 2.25. The van der Waals surface area contributed by atoms with E-state index in [4.69, 9.17) is 16.6 Å². The highest BCUT2D eigenvalue weighted by Crippen LogP contribution is 2.24. The summed E-state index contributed by atoms with van der Waals surface area (Å²) in [5.74, 6) is 1.09. The van der Waals surface area contributed by atoms with Crippen LogP contribution in [0.4, 0.5) is 0 Å². The zero-order valence-corrected chi connectivity index (χ0v) is 14.2. The first kappa shape index (κ1) is 15.9. The van der Waals surface area contributed by atoms with E-state index in [9.17, 15) is 4.79 Å². The Morgan fingerprint density at radius 1 is 1.30 bits per heavy atom. The van der Waals surface area contributed by atoms with Crippen LogP contribution >= 0.6 is 12.2 Å². The Hall–Kier alpha value is -1.95. The van der Waals surface area contributed by atoms with Crippen LogP contribution in [0, 0.1) is 10.8 Å². The number of aromatic amines is 1. The van der Waals surface area contributed by atoms with Gasteiger partial charge in [-0.15, -0.1) is 5.10 Å². The molecule has 0 bridgehead atoms. The molecule has 0 radical (unpaired) electrons. The van der Waals surface area contributed by atoms with Gasteiger partial charge in [-0.1, -0.05) is 13.3 Å². The van der Waals surface area contributed by atoms with Gasteiger partial charge in [0.1, 0.15) is 0 Å². The van der Waals surface area contributed by atoms with Crippen molar-refractivity contribution in [2.24, 2.45) is 5.92 Å². The summed E-state index contributed by atoms with van der Waals surface area (Å²) in [4.78, 5) is 15.1. The van der Waals surface area contributed by atoms with Gasteiger partial charge in [-0.05, 0) is 62.2 Å². The van der Waals surface area contributed by atoms with E-state index in [1.807, 2.05) is 29.2 Å². The highest BCUT2D eigenvalue weighted by molar-refractivity contribution is 7.71. The summed E-state index contributed by atoms with van der Waals surface area (Å²) in [5, 5.41) is 6.59. The average Bonchev–Trinajstić information content (AvgIpc) is 2.90. The second kappa shape index (κ2) is 6.66. The van der Waals surface area contributed by atoms with E-state index in [0.717, 1.165) is 18.5 Å². The molecule has 2 heterocycles. The SMILES string of the molecule is CC1CCCC(C)N(C(=O)c2ccc(-c3n[nH]c(=S)o3)cc2)C1. The van der Waals surface area contributed by atoms with Crippen molar-refractivity contribution >= 4 is 18.1 Å². The van der Waals surface area contributed by atoms with Gasteiger partial charge in [-0.25, -0.2) is 5.10 Å². The third-order valence-electron chi connectivity index (χ3n) is 4.44. The number of likely N-dealkylation sites (tertiary alicyclic amines) is 1. The van der Waals surface area contributed by atoms with E-state index < -0.39 is 0 Å². The van der Waals surface area contributed by atoms with Crippen molar-refractivity contribution in [1.29, 1.82) is 0 Å². The van der Waals surface area contributed by atoms with E-state index in [-0.39, 0.29) is 16.8 Å². The Balaban J connectivity index is 1.80. The molecule has 1 aromatic carbocycles. The molecule has 1 aliphatic heterocycles. The molecular formula is C17H21N3O2S. The molecule has 5 nitrogen and oxygen atoms in total. The van der Waals surface area contributed by atoms with Gasteiger partial charge in [0, 0.05) is 23.7 Å². The third-order valence-corrected chi connectivity index (χ3v) is 4.61. The summed E-state index contributed by atoms with van der Waals surface area (Å²) < 4.78 is 5.29. The number of carbonyl (C=O) groups excluding carboxylic acids is 1. The lowest BCUT2D eigenvalue weighted by Crippen LogP contribution is -2.39. The summed E-state index contributed by atoms with van der Waals surface area (Å²) in [6.45, 7) is 5.18. The van der Waals surface area contributed by atoms with Gasteiger partial charge in [0.25, 0.3) is 10.7 Å². The van der Waals surface area contributed by atoms with E-state index in [0.29, 0.717) is 17.4 Å². The molecule has 1 fully saturated rings. The van der Waals surface area contributed by atoms with Gasteiger partial charge in [-0.3, -0.25) is 4.79 Å². The molecule has 1 aliphatic rings. The Bertz CT molecular complexity index is 735. The van der Waals surface area contributed by atoms with Crippen molar-refractivity contribution in [1.82, 2.24) is 15.1 Å². The van der Waals surface area contributed by atoms with Crippen molar-refractivity contribution in [2.75, 3.05) is 6.54 Å². The molecule has 1 saturated heterocycles. The molecule has 1 aromatic heterocycles. The molecule has 2 atom stereocenters. The lowest BCUT2D eigenvalue weighted by Gasteiger charge is -2.28. The number of hydrogen-bond acceptors (Lipinski definition) is 4. The van der Waals surface area contributed by atoms with E-state index in [1.165, 1.54) is 12.8 Å². The number of amides is 1. The number of carbonyl (C=O) groups is 1. The Kier molecular flexibility index (Phi) is 4.61. The molecule has 0 aliphatic carbocycles. The summed E-state index contributed by atoms with van der Waals surface area (Å²) in [6, 6.07) is 7.62. The van der Waals surface area contributed by atoms with E-state index in [2.05, 4.69) is 24.0 Å². The number of hydrogen-bond donors (Lipinski definition) is 1. The van der Waals surface area contributed by atoms with Gasteiger partial charge in [0.15, 0.2) is 0 Å². The summed E-state index contributed by atoms with van der Waals surface area (Å²) in [5.41, 5.74) is 1.50. The normalized spacial score (nSPS) is 21.9. The number of benzene rings is 1. The van der Waals surface area contributed by atoms with Crippen molar-refractivity contribution in [2.45, 2.75) is 39.2 Å². The monoisotopic (exact) mass is 331 g/mol. The molecule has 0 spiro atoms. The van der Waals surface area contributed by atoms with Gasteiger partial charge >= 0.3 is 0 Å². The predicted molar refractivity (Wildman–Crippen MR) is 90.6 cm³/mol. The largest absolute Gasteiger partial charge is 0.409 e. The molecule has 0 saturated carbocycles. The summed E-state index contributed by atoms with van der Waals surface area (Å²) in [6.07, 6.45) is 3.45. The lowest BCUT2D eigenvalue weighted by molar-refractivity contribution is 0.0677. The number of nitrogens with one attached hydrogen (secondary N) is 1. The Labute approximate surface area is 140 Å². The maximum absolute atomic E-state index is 12.8.